The molecule has 3 nitrogen and oxygen atoms in total. The maximum Gasteiger partial charge on any atom is 0.119 e. The summed E-state index contributed by atoms with van der Waals surface area (Å²) in [6.07, 6.45) is 0.873. The lowest BCUT2D eigenvalue weighted by Crippen LogP contribution is -2.02. The molecule has 0 aromatic heterocycles. The van der Waals surface area contributed by atoms with Crippen LogP contribution in [0.15, 0.2) is 48.5 Å². The SMILES string of the molecule is N#Cc1ccccc1COc1ccc(CCN)cc1. The number of benzene rings is 2. The van der Waals surface area contributed by atoms with Gasteiger partial charge in [-0.1, -0.05) is 30.3 Å². The van der Waals surface area contributed by atoms with Crippen molar-refractivity contribution in [2.24, 2.45) is 5.73 Å². The van der Waals surface area contributed by atoms with Crippen molar-refractivity contribution in [1.29, 1.82) is 5.26 Å². The second-order valence-corrected chi connectivity index (χ2v) is 4.24. The van der Waals surface area contributed by atoms with E-state index in [1.54, 1.807) is 6.07 Å². The van der Waals surface area contributed by atoms with Crippen molar-refractivity contribution in [3.8, 4) is 11.8 Å². The number of rotatable bonds is 5. The Labute approximate surface area is 113 Å². The minimum absolute atomic E-state index is 0.403. The number of nitrogens with zero attached hydrogens (tertiary/aromatic N) is 1. The number of nitrogens with two attached hydrogens (primary N) is 1. The first-order chi connectivity index (χ1) is 9.33. The van der Waals surface area contributed by atoms with Gasteiger partial charge >= 0.3 is 0 Å². The fraction of sp³-hybridized carbons (Fsp3) is 0.188. The number of ether oxygens (including phenoxy) is 1. The summed E-state index contributed by atoms with van der Waals surface area (Å²) in [5, 5.41) is 8.99. The van der Waals surface area contributed by atoms with Crippen molar-refractivity contribution in [3.63, 3.8) is 0 Å². The highest BCUT2D eigenvalue weighted by molar-refractivity contribution is 5.37. The van der Waals surface area contributed by atoms with Crippen molar-refractivity contribution in [2.75, 3.05) is 6.54 Å². The number of hydrogen-bond donors (Lipinski definition) is 1. The average molecular weight is 252 g/mol. The van der Waals surface area contributed by atoms with Crippen LogP contribution < -0.4 is 10.5 Å². The molecular formula is C16H16N2O. The summed E-state index contributed by atoms with van der Waals surface area (Å²) >= 11 is 0. The topological polar surface area (TPSA) is 59.0 Å². The van der Waals surface area contributed by atoms with Gasteiger partial charge in [0, 0.05) is 5.56 Å². The normalized spacial score (nSPS) is 9.89. The molecule has 0 amide bonds. The maximum atomic E-state index is 8.99. The molecule has 2 N–H and O–H groups in total. The van der Waals surface area contributed by atoms with Crippen molar-refractivity contribution < 1.29 is 4.74 Å². The Bertz CT molecular complexity index is 570. The fourth-order valence-corrected chi connectivity index (χ4v) is 1.84. The molecule has 2 aromatic carbocycles. The number of hydrogen-bond acceptors (Lipinski definition) is 3. The second-order valence-electron chi connectivity index (χ2n) is 4.24. The van der Waals surface area contributed by atoms with Crippen LogP contribution in [-0.2, 0) is 13.0 Å². The lowest BCUT2D eigenvalue weighted by atomic mass is 10.1. The van der Waals surface area contributed by atoms with Gasteiger partial charge in [-0.15, -0.1) is 0 Å². The lowest BCUT2D eigenvalue weighted by Gasteiger charge is -2.08. The van der Waals surface area contributed by atoms with Gasteiger partial charge < -0.3 is 10.5 Å². The van der Waals surface area contributed by atoms with Crippen LogP contribution >= 0.6 is 0 Å². The lowest BCUT2D eigenvalue weighted by molar-refractivity contribution is 0.306. The Balaban J connectivity index is 2.00. The first-order valence-electron chi connectivity index (χ1n) is 6.23. The Morgan fingerprint density at radius 2 is 1.79 bits per heavy atom. The Kier molecular flexibility index (Phi) is 4.54. The van der Waals surface area contributed by atoms with Crippen LogP contribution in [0.2, 0.25) is 0 Å². The quantitative estimate of drug-likeness (QED) is 0.890. The van der Waals surface area contributed by atoms with Crippen LogP contribution in [0.4, 0.5) is 0 Å². The zero-order valence-electron chi connectivity index (χ0n) is 10.7. The summed E-state index contributed by atoms with van der Waals surface area (Å²) in [5.41, 5.74) is 8.26. The zero-order valence-corrected chi connectivity index (χ0v) is 10.7. The van der Waals surface area contributed by atoms with E-state index in [4.69, 9.17) is 15.7 Å². The van der Waals surface area contributed by atoms with E-state index in [9.17, 15) is 0 Å². The summed E-state index contributed by atoms with van der Waals surface area (Å²) in [4.78, 5) is 0. The van der Waals surface area contributed by atoms with E-state index in [0.29, 0.717) is 18.7 Å². The Hall–Kier alpha value is -2.31. The van der Waals surface area contributed by atoms with E-state index in [2.05, 4.69) is 6.07 Å². The standard InChI is InChI=1S/C16H16N2O/c17-10-9-13-5-7-16(8-6-13)19-12-15-4-2-1-3-14(15)11-18/h1-8H,9-10,12,17H2. The first kappa shape index (κ1) is 13.1. The van der Waals surface area contributed by atoms with Crippen LogP contribution in [0.25, 0.3) is 0 Å². The predicted molar refractivity (Wildman–Crippen MR) is 74.7 cm³/mol. The van der Waals surface area contributed by atoms with Crippen LogP contribution in [0, 0.1) is 11.3 Å². The minimum Gasteiger partial charge on any atom is -0.489 e. The number of nitriles is 1. The molecule has 0 saturated heterocycles. The zero-order chi connectivity index (χ0) is 13.5. The third-order valence-corrected chi connectivity index (χ3v) is 2.89. The first-order valence-corrected chi connectivity index (χ1v) is 6.23. The molecule has 0 unspecified atom stereocenters. The van der Waals surface area contributed by atoms with Gasteiger partial charge in [0.2, 0.25) is 0 Å². The van der Waals surface area contributed by atoms with Crippen LogP contribution in [-0.4, -0.2) is 6.54 Å². The fourth-order valence-electron chi connectivity index (χ4n) is 1.84. The molecule has 0 aliphatic carbocycles. The molecule has 0 atom stereocenters. The highest BCUT2D eigenvalue weighted by Crippen LogP contribution is 2.16. The van der Waals surface area contributed by atoms with Crippen LogP contribution in [0.5, 0.6) is 5.75 Å². The van der Waals surface area contributed by atoms with Crippen molar-refractivity contribution in [1.82, 2.24) is 0 Å². The molecule has 3 heteroatoms. The van der Waals surface area contributed by atoms with Gasteiger partial charge in [-0.2, -0.15) is 5.26 Å². The largest absolute Gasteiger partial charge is 0.489 e. The van der Waals surface area contributed by atoms with Gasteiger partial charge in [0.15, 0.2) is 0 Å². The monoisotopic (exact) mass is 252 g/mol. The van der Waals surface area contributed by atoms with Crippen molar-refractivity contribution in [3.05, 3.63) is 65.2 Å². The predicted octanol–water partition coefficient (Wildman–Crippen LogP) is 2.64. The Morgan fingerprint density at radius 1 is 1.05 bits per heavy atom. The van der Waals surface area contributed by atoms with Gasteiger partial charge in [0.05, 0.1) is 11.6 Å². The molecule has 0 bridgehead atoms. The summed E-state index contributed by atoms with van der Waals surface area (Å²) in [7, 11) is 0. The molecule has 0 fully saturated rings. The summed E-state index contributed by atoms with van der Waals surface area (Å²) in [5.74, 6) is 0.800. The Morgan fingerprint density at radius 3 is 2.47 bits per heavy atom. The van der Waals surface area contributed by atoms with Crippen LogP contribution in [0.1, 0.15) is 16.7 Å². The molecule has 2 rings (SSSR count). The van der Waals surface area contributed by atoms with Gasteiger partial charge in [-0.05, 0) is 36.7 Å². The molecule has 0 heterocycles. The van der Waals surface area contributed by atoms with E-state index in [1.165, 1.54) is 5.56 Å². The average Bonchev–Trinajstić information content (AvgIpc) is 2.47. The van der Waals surface area contributed by atoms with E-state index in [-0.39, 0.29) is 0 Å². The van der Waals surface area contributed by atoms with Crippen molar-refractivity contribution >= 4 is 0 Å². The smallest absolute Gasteiger partial charge is 0.119 e. The highest BCUT2D eigenvalue weighted by Gasteiger charge is 2.02. The second kappa shape index (κ2) is 6.58. The molecule has 0 spiro atoms. The third kappa shape index (κ3) is 3.57. The summed E-state index contributed by atoms with van der Waals surface area (Å²) in [6, 6.07) is 17.5. The van der Waals surface area contributed by atoms with E-state index in [0.717, 1.165) is 17.7 Å². The summed E-state index contributed by atoms with van der Waals surface area (Å²) < 4.78 is 5.69. The van der Waals surface area contributed by atoms with Gasteiger partial charge in [0.1, 0.15) is 12.4 Å². The van der Waals surface area contributed by atoms with Gasteiger partial charge in [-0.25, -0.2) is 0 Å². The molecule has 0 aliphatic heterocycles. The molecule has 19 heavy (non-hydrogen) atoms. The van der Waals surface area contributed by atoms with Crippen LogP contribution in [0.3, 0.4) is 0 Å². The molecule has 0 saturated carbocycles. The highest BCUT2D eigenvalue weighted by atomic mass is 16.5. The van der Waals surface area contributed by atoms with Gasteiger partial charge in [-0.3, -0.25) is 0 Å². The molecular weight excluding hydrogens is 236 g/mol. The maximum absolute atomic E-state index is 8.99. The molecule has 96 valence electrons. The van der Waals surface area contributed by atoms with E-state index < -0.39 is 0 Å². The molecule has 0 radical (unpaired) electrons. The van der Waals surface area contributed by atoms with E-state index in [1.807, 2.05) is 42.5 Å². The van der Waals surface area contributed by atoms with Crippen molar-refractivity contribution in [2.45, 2.75) is 13.0 Å². The summed E-state index contributed by atoms with van der Waals surface area (Å²) in [6.45, 7) is 1.05. The molecule has 0 aliphatic rings. The molecule has 2 aromatic rings. The van der Waals surface area contributed by atoms with Gasteiger partial charge in [0.25, 0.3) is 0 Å². The van der Waals surface area contributed by atoms with E-state index >= 15 is 0 Å². The third-order valence-electron chi connectivity index (χ3n) is 2.89. The minimum atomic E-state index is 0.403.